The summed E-state index contributed by atoms with van der Waals surface area (Å²) in [5.41, 5.74) is 0.649. The van der Waals surface area contributed by atoms with Gasteiger partial charge in [-0.05, 0) is 24.3 Å². The highest BCUT2D eigenvalue weighted by atomic mass is 16.5. The summed E-state index contributed by atoms with van der Waals surface area (Å²) in [6.07, 6.45) is 1.27. The van der Waals surface area contributed by atoms with Gasteiger partial charge in [0, 0.05) is 32.9 Å². The van der Waals surface area contributed by atoms with E-state index in [2.05, 4.69) is 10.3 Å². The van der Waals surface area contributed by atoms with Crippen molar-refractivity contribution in [3.63, 3.8) is 0 Å². The molecule has 1 N–H and O–H groups in total. The lowest BCUT2D eigenvalue weighted by Crippen LogP contribution is -2.33. The Kier molecular flexibility index (Phi) is 8.44. The fourth-order valence-corrected chi connectivity index (χ4v) is 2.38. The first kappa shape index (κ1) is 21.4. The monoisotopic (exact) mass is 391 g/mol. The number of oxazole rings is 1. The number of hydrogen-bond donors (Lipinski definition) is 1. The normalized spacial score (nSPS) is 10.5. The van der Waals surface area contributed by atoms with Gasteiger partial charge in [0.15, 0.2) is 5.69 Å². The minimum Gasteiger partial charge on any atom is -0.497 e. The maximum absolute atomic E-state index is 12.8. The Bertz CT molecular complexity index is 759. The third-order valence-electron chi connectivity index (χ3n) is 3.89. The molecule has 2 rings (SSSR count). The summed E-state index contributed by atoms with van der Waals surface area (Å²) < 4.78 is 20.5. The van der Waals surface area contributed by atoms with Crippen LogP contribution in [-0.4, -0.2) is 69.3 Å². The van der Waals surface area contributed by atoms with Crippen molar-refractivity contribution < 1.29 is 28.2 Å². The van der Waals surface area contributed by atoms with Crippen molar-refractivity contribution in [3.8, 4) is 5.75 Å². The SMILES string of the molecule is COCCNC(=O)c1coc(CN(CCOC)C(=O)c2ccc(OC)cc2)n1. The summed E-state index contributed by atoms with van der Waals surface area (Å²) in [6, 6.07) is 6.81. The van der Waals surface area contributed by atoms with E-state index in [1.165, 1.54) is 6.26 Å². The van der Waals surface area contributed by atoms with Crippen LogP contribution in [0.2, 0.25) is 0 Å². The van der Waals surface area contributed by atoms with Crippen molar-refractivity contribution in [1.82, 2.24) is 15.2 Å². The van der Waals surface area contributed by atoms with E-state index in [4.69, 9.17) is 18.6 Å². The summed E-state index contributed by atoms with van der Waals surface area (Å²) in [4.78, 5) is 30.6. The highest BCUT2D eigenvalue weighted by molar-refractivity contribution is 5.94. The number of ether oxygens (including phenoxy) is 3. The second kappa shape index (κ2) is 11.1. The molecule has 2 aromatic rings. The molecule has 0 aliphatic heterocycles. The molecular weight excluding hydrogens is 366 g/mol. The van der Waals surface area contributed by atoms with Crippen molar-refractivity contribution in [1.29, 1.82) is 0 Å². The predicted molar refractivity (Wildman–Crippen MR) is 100 cm³/mol. The van der Waals surface area contributed by atoms with Crippen LogP contribution in [-0.2, 0) is 16.0 Å². The average Bonchev–Trinajstić information content (AvgIpc) is 3.19. The molecule has 0 bridgehead atoms. The lowest BCUT2D eigenvalue weighted by Gasteiger charge is -2.21. The van der Waals surface area contributed by atoms with Crippen LogP contribution in [0.4, 0.5) is 0 Å². The summed E-state index contributed by atoms with van der Waals surface area (Å²) in [5.74, 6) is 0.354. The zero-order valence-corrected chi connectivity index (χ0v) is 16.3. The smallest absolute Gasteiger partial charge is 0.273 e. The van der Waals surface area contributed by atoms with E-state index in [1.807, 2.05) is 0 Å². The number of carbonyl (C=O) groups is 2. The second-order valence-corrected chi connectivity index (χ2v) is 5.82. The Labute approximate surface area is 163 Å². The Balaban J connectivity index is 2.06. The highest BCUT2D eigenvalue weighted by Crippen LogP contribution is 2.15. The van der Waals surface area contributed by atoms with Crippen LogP contribution in [0.25, 0.3) is 0 Å². The average molecular weight is 391 g/mol. The number of aromatic nitrogens is 1. The standard InChI is InChI=1S/C19H25N3O6/c1-25-10-8-20-18(23)16-13-28-17(21-16)12-22(9-11-26-2)19(24)14-4-6-15(27-3)7-5-14/h4-7,13H,8-12H2,1-3H3,(H,20,23). The van der Waals surface area contributed by atoms with Gasteiger partial charge in [0.1, 0.15) is 12.0 Å². The van der Waals surface area contributed by atoms with E-state index >= 15 is 0 Å². The number of nitrogens with zero attached hydrogens (tertiary/aromatic N) is 2. The lowest BCUT2D eigenvalue weighted by molar-refractivity contribution is 0.0662. The Hall–Kier alpha value is -2.91. The van der Waals surface area contributed by atoms with Crippen LogP contribution in [0.5, 0.6) is 5.75 Å². The molecule has 0 saturated carbocycles. The number of nitrogens with one attached hydrogen (secondary N) is 1. The molecular formula is C19H25N3O6. The zero-order valence-electron chi connectivity index (χ0n) is 16.3. The van der Waals surface area contributed by atoms with Crippen molar-refractivity contribution in [3.05, 3.63) is 47.7 Å². The fourth-order valence-electron chi connectivity index (χ4n) is 2.38. The Morgan fingerprint density at radius 3 is 2.46 bits per heavy atom. The molecule has 0 unspecified atom stereocenters. The van der Waals surface area contributed by atoms with E-state index in [0.29, 0.717) is 37.6 Å². The fraction of sp³-hybridized carbons (Fsp3) is 0.421. The van der Waals surface area contributed by atoms with Gasteiger partial charge < -0.3 is 28.8 Å². The van der Waals surface area contributed by atoms with Gasteiger partial charge in [-0.2, -0.15) is 0 Å². The molecule has 1 heterocycles. The van der Waals surface area contributed by atoms with Crippen LogP contribution >= 0.6 is 0 Å². The first-order valence-electron chi connectivity index (χ1n) is 8.72. The summed E-state index contributed by atoms with van der Waals surface area (Å²) in [7, 11) is 4.67. The first-order valence-corrected chi connectivity index (χ1v) is 8.72. The van der Waals surface area contributed by atoms with Crippen LogP contribution in [0, 0.1) is 0 Å². The minimum atomic E-state index is -0.364. The molecule has 1 aromatic heterocycles. The van der Waals surface area contributed by atoms with Gasteiger partial charge in [0.25, 0.3) is 11.8 Å². The van der Waals surface area contributed by atoms with Gasteiger partial charge in [0.2, 0.25) is 5.89 Å². The minimum absolute atomic E-state index is 0.111. The highest BCUT2D eigenvalue weighted by Gasteiger charge is 2.20. The molecule has 9 heteroatoms. The molecule has 28 heavy (non-hydrogen) atoms. The van der Waals surface area contributed by atoms with Crippen LogP contribution in [0.1, 0.15) is 26.7 Å². The van der Waals surface area contributed by atoms with Gasteiger partial charge >= 0.3 is 0 Å². The van der Waals surface area contributed by atoms with E-state index in [1.54, 1.807) is 50.5 Å². The molecule has 9 nitrogen and oxygen atoms in total. The van der Waals surface area contributed by atoms with E-state index in [-0.39, 0.29) is 29.9 Å². The van der Waals surface area contributed by atoms with Gasteiger partial charge in [-0.25, -0.2) is 4.98 Å². The molecule has 0 aliphatic carbocycles. The van der Waals surface area contributed by atoms with E-state index < -0.39 is 0 Å². The maximum Gasteiger partial charge on any atom is 0.273 e. The van der Waals surface area contributed by atoms with Crippen molar-refractivity contribution >= 4 is 11.8 Å². The van der Waals surface area contributed by atoms with Gasteiger partial charge in [0.05, 0.1) is 26.9 Å². The number of carbonyl (C=O) groups excluding carboxylic acids is 2. The van der Waals surface area contributed by atoms with Gasteiger partial charge in [-0.1, -0.05) is 0 Å². The second-order valence-electron chi connectivity index (χ2n) is 5.82. The largest absolute Gasteiger partial charge is 0.497 e. The number of amides is 2. The summed E-state index contributed by atoms with van der Waals surface area (Å²) in [5, 5.41) is 2.66. The van der Waals surface area contributed by atoms with Crippen molar-refractivity contribution in [2.45, 2.75) is 6.54 Å². The molecule has 0 atom stereocenters. The molecule has 0 radical (unpaired) electrons. The number of benzene rings is 1. The van der Waals surface area contributed by atoms with E-state index in [0.717, 1.165) is 0 Å². The number of hydrogen-bond acceptors (Lipinski definition) is 7. The summed E-state index contributed by atoms with van der Waals surface area (Å²) in [6.45, 7) is 1.58. The molecule has 0 fully saturated rings. The molecule has 0 spiro atoms. The third kappa shape index (κ3) is 6.07. The topological polar surface area (TPSA) is 103 Å². The van der Waals surface area contributed by atoms with Crippen molar-refractivity contribution in [2.24, 2.45) is 0 Å². The van der Waals surface area contributed by atoms with Crippen LogP contribution < -0.4 is 10.1 Å². The zero-order chi connectivity index (χ0) is 20.4. The Morgan fingerprint density at radius 2 is 1.82 bits per heavy atom. The quantitative estimate of drug-likeness (QED) is 0.577. The van der Waals surface area contributed by atoms with Gasteiger partial charge in [-0.3, -0.25) is 9.59 Å². The van der Waals surface area contributed by atoms with E-state index in [9.17, 15) is 9.59 Å². The number of methoxy groups -OCH3 is 3. The first-order chi connectivity index (χ1) is 13.6. The molecule has 2 amide bonds. The molecule has 1 aromatic carbocycles. The van der Waals surface area contributed by atoms with Gasteiger partial charge in [-0.15, -0.1) is 0 Å². The summed E-state index contributed by atoms with van der Waals surface area (Å²) >= 11 is 0. The maximum atomic E-state index is 12.8. The number of rotatable bonds is 11. The predicted octanol–water partition coefficient (Wildman–Crippen LogP) is 1.35. The molecule has 152 valence electrons. The van der Waals surface area contributed by atoms with Crippen LogP contribution in [0.15, 0.2) is 34.9 Å². The third-order valence-corrected chi connectivity index (χ3v) is 3.89. The van der Waals surface area contributed by atoms with Crippen molar-refractivity contribution in [2.75, 3.05) is 47.6 Å². The Morgan fingerprint density at radius 1 is 1.11 bits per heavy atom. The molecule has 0 aliphatic rings. The van der Waals surface area contributed by atoms with Crippen LogP contribution in [0.3, 0.4) is 0 Å². The lowest BCUT2D eigenvalue weighted by atomic mass is 10.2. The molecule has 0 saturated heterocycles.